The molecule has 0 saturated carbocycles. The molecule has 5 nitrogen and oxygen atoms in total. The van der Waals surface area contributed by atoms with Crippen molar-refractivity contribution >= 4 is 12.1 Å². The Balaban J connectivity index is 1.87. The maximum atomic E-state index is 14.5. The van der Waals surface area contributed by atoms with Crippen LogP contribution in [0.4, 0.5) is 4.39 Å². The first-order valence-electron chi connectivity index (χ1n) is 10.3. The molecule has 6 heteroatoms. The van der Waals surface area contributed by atoms with E-state index in [0.717, 1.165) is 17.4 Å². The molecule has 1 saturated heterocycles. The molecule has 0 amide bonds. The number of likely N-dealkylation sites (N-methyl/N-ethyl adjacent to an activating group) is 1. The summed E-state index contributed by atoms with van der Waals surface area (Å²) in [5.74, 6) is -1.09. The number of nitrogens with zero attached hydrogens (tertiary/aromatic N) is 3. The maximum absolute atomic E-state index is 14.5. The summed E-state index contributed by atoms with van der Waals surface area (Å²) in [6.07, 6.45) is 7.24. The Kier molecular flexibility index (Phi) is 6.00. The van der Waals surface area contributed by atoms with Gasteiger partial charge in [0, 0.05) is 66.8 Å². The third kappa shape index (κ3) is 4.16. The van der Waals surface area contributed by atoms with Crippen LogP contribution in [-0.2, 0) is 0 Å². The normalized spacial score (nSPS) is 21.6. The van der Waals surface area contributed by atoms with E-state index in [4.69, 9.17) is 0 Å². The molecule has 1 aliphatic rings. The highest BCUT2D eigenvalue weighted by Gasteiger charge is 2.42. The average Bonchev–Trinajstić information content (AvgIpc) is 2.80. The summed E-state index contributed by atoms with van der Waals surface area (Å²) in [5, 5.41) is 0. The lowest BCUT2D eigenvalue weighted by atomic mass is 9.68. The van der Waals surface area contributed by atoms with Crippen molar-refractivity contribution in [2.45, 2.75) is 18.8 Å². The fraction of sp³-hybridized carbons (Fsp3) is 0.280. The molecule has 0 radical (unpaired) electrons. The Bertz CT molecular complexity index is 1100. The van der Waals surface area contributed by atoms with Crippen LogP contribution >= 0.6 is 0 Å². The minimum absolute atomic E-state index is 0.0159. The van der Waals surface area contributed by atoms with Crippen molar-refractivity contribution in [1.82, 2.24) is 14.9 Å². The van der Waals surface area contributed by atoms with Gasteiger partial charge in [0.05, 0.1) is 0 Å². The Morgan fingerprint density at radius 2 is 1.97 bits per heavy atom. The standard InChI is InChI=1S/C25H24FN3O2/c1-16-20(6-3-7-23(16)26)24-21(19-9-17(15-30)10-28-12-19)13-29(2)14-22(24)25(31)18-5-4-8-27-11-18/h3-12,15,21-22,24H,13-14H2,1-2H3/t21-,22+,24-/m1/s1. The number of benzene rings is 1. The summed E-state index contributed by atoms with van der Waals surface area (Å²) in [4.78, 5) is 35.4. The molecule has 1 aliphatic heterocycles. The van der Waals surface area contributed by atoms with Crippen LogP contribution in [-0.4, -0.2) is 47.1 Å². The topological polar surface area (TPSA) is 63.2 Å². The monoisotopic (exact) mass is 417 g/mol. The summed E-state index contributed by atoms with van der Waals surface area (Å²) in [5.41, 5.74) is 3.26. The number of Topliss-reactive ketones (excluding diaryl/α,β-unsaturated/α-hetero) is 1. The second kappa shape index (κ2) is 8.86. The van der Waals surface area contributed by atoms with Gasteiger partial charge >= 0.3 is 0 Å². The van der Waals surface area contributed by atoms with Gasteiger partial charge in [-0.25, -0.2) is 4.39 Å². The van der Waals surface area contributed by atoms with E-state index >= 15 is 0 Å². The number of halogens is 1. The number of carbonyl (C=O) groups excluding carboxylic acids is 2. The first-order chi connectivity index (χ1) is 15.0. The van der Waals surface area contributed by atoms with Crippen molar-refractivity contribution in [1.29, 1.82) is 0 Å². The quantitative estimate of drug-likeness (QED) is 0.463. The number of hydrogen-bond acceptors (Lipinski definition) is 5. The van der Waals surface area contributed by atoms with E-state index in [1.165, 1.54) is 12.3 Å². The van der Waals surface area contributed by atoms with Crippen molar-refractivity contribution < 1.29 is 14.0 Å². The zero-order valence-electron chi connectivity index (χ0n) is 17.5. The van der Waals surface area contributed by atoms with Gasteiger partial charge in [0.15, 0.2) is 12.1 Å². The molecule has 158 valence electrons. The van der Waals surface area contributed by atoms with Crippen molar-refractivity contribution in [3.8, 4) is 0 Å². The van der Waals surface area contributed by atoms with Crippen molar-refractivity contribution in [2.75, 3.05) is 20.1 Å². The summed E-state index contributed by atoms with van der Waals surface area (Å²) in [6, 6.07) is 10.4. The van der Waals surface area contributed by atoms with Crippen LogP contribution in [0.2, 0.25) is 0 Å². The number of carbonyl (C=O) groups is 2. The second-order valence-corrected chi connectivity index (χ2v) is 8.19. The van der Waals surface area contributed by atoms with E-state index in [-0.39, 0.29) is 23.4 Å². The van der Waals surface area contributed by atoms with Crippen LogP contribution < -0.4 is 0 Å². The third-order valence-electron chi connectivity index (χ3n) is 6.18. The number of aromatic nitrogens is 2. The number of aldehydes is 1. The van der Waals surface area contributed by atoms with E-state index in [0.29, 0.717) is 29.8 Å². The van der Waals surface area contributed by atoms with E-state index in [9.17, 15) is 14.0 Å². The van der Waals surface area contributed by atoms with Crippen LogP contribution in [0.25, 0.3) is 0 Å². The molecule has 3 atom stereocenters. The lowest BCUT2D eigenvalue weighted by Crippen LogP contribution is -2.45. The van der Waals surface area contributed by atoms with Crippen LogP contribution in [0.5, 0.6) is 0 Å². The Morgan fingerprint density at radius 3 is 2.71 bits per heavy atom. The van der Waals surface area contributed by atoms with Crippen molar-refractivity contribution in [3.05, 3.63) is 94.8 Å². The molecular weight excluding hydrogens is 393 g/mol. The number of piperidine rings is 1. The molecule has 0 aliphatic carbocycles. The van der Waals surface area contributed by atoms with Crippen molar-refractivity contribution in [2.24, 2.45) is 5.92 Å². The van der Waals surface area contributed by atoms with Crippen LogP contribution in [0.3, 0.4) is 0 Å². The lowest BCUT2D eigenvalue weighted by Gasteiger charge is -2.43. The molecule has 3 heterocycles. The molecule has 4 rings (SSSR count). The Labute approximate surface area is 181 Å². The van der Waals surface area contributed by atoms with Crippen molar-refractivity contribution in [3.63, 3.8) is 0 Å². The Morgan fingerprint density at radius 1 is 1.13 bits per heavy atom. The summed E-state index contributed by atoms with van der Waals surface area (Å²) in [7, 11) is 1.97. The van der Waals surface area contributed by atoms with E-state index in [1.54, 1.807) is 43.7 Å². The van der Waals surface area contributed by atoms with Gasteiger partial charge in [0.25, 0.3) is 0 Å². The smallest absolute Gasteiger partial charge is 0.169 e. The van der Waals surface area contributed by atoms with Crippen LogP contribution in [0.1, 0.15) is 49.2 Å². The number of pyridine rings is 2. The highest BCUT2D eigenvalue weighted by Crippen LogP contribution is 2.45. The predicted molar refractivity (Wildman–Crippen MR) is 116 cm³/mol. The maximum Gasteiger partial charge on any atom is 0.169 e. The van der Waals surface area contributed by atoms with Gasteiger partial charge < -0.3 is 4.90 Å². The number of likely N-dealkylation sites (tertiary alicyclic amines) is 1. The van der Waals surface area contributed by atoms with E-state index in [2.05, 4.69) is 14.9 Å². The SMILES string of the molecule is Cc1c(F)cccc1[C@H]1[C@@H](C(=O)c2cccnc2)CN(C)C[C@@H]1c1cncc(C=O)c1. The largest absolute Gasteiger partial charge is 0.305 e. The number of ketones is 1. The predicted octanol–water partition coefficient (Wildman–Crippen LogP) is 4.05. The summed E-state index contributed by atoms with van der Waals surface area (Å²) >= 11 is 0. The Hall–Kier alpha value is -3.25. The zero-order valence-corrected chi connectivity index (χ0v) is 17.5. The van der Waals surface area contributed by atoms with Gasteiger partial charge in [-0.05, 0) is 54.9 Å². The first-order valence-corrected chi connectivity index (χ1v) is 10.3. The fourth-order valence-electron chi connectivity index (χ4n) is 4.70. The third-order valence-corrected chi connectivity index (χ3v) is 6.18. The van der Waals surface area contributed by atoms with Gasteiger partial charge in [-0.3, -0.25) is 19.6 Å². The summed E-state index contributed by atoms with van der Waals surface area (Å²) in [6.45, 7) is 2.97. The van der Waals surface area contributed by atoms with Gasteiger partial charge in [-0.15, -0.1) is 0 Å². The minimum atomic E-state index is -0.395. The average molecular weight is 417 g/mol. The fourth-order valence-corrected chi connectivity index (χ4v) is 4.70. The molecule has 0 spiro atoms. The zero-order chi connectivity index (χ0) is 22.0. The summed E-state index contributed by atoms with van der Waals surface area (Å²) < 4.78 is 14.5. The van der Waals surface area contributed by atoms with Gasteiger partial charge in [-0.2, -0.15) is 0 Å². The van der Waals surface area contributed by atoms with E-state index < -0.39 is 5.92 Å². The molecule has 3 aromatic rings. The minimum Gasteiger partial charge on any atom is -0.305 e. The molecule has 2 aromatic heterocycles. The van der Waals surface area contributed by atoms with Gasteiger partial charge in [-0.1, -0.05) is 12.1 Å². The number of rotatable bonds is 5. The molecule has 31 heavy (non-hydrogen) atoms. The molecule has 0 bridgehead atoms. The number of hydrogen-bond donors (Lipinski definition) is 0. The van der Waals surface area contributed by atoms with Gasteiger partial charge in [0.2, 0.25) is 0 Å². The first kappa shape index (κ1) is 21.0. The lowest BCUT2D eigenvalue weighted by molar-refractivity contribution is 0.0777. The van der Waals surface area contributed by atoms with E-state index in [1.807, 2.05) is 19.2 Å². The molecule has 1 fully saturated rings. The van der Waals surface area contributed by atoms with Crippen LogP contribution in [0, 0.1) is 18.7 Å². The van der Waals surface area contributed by atoms with Gasteiger partial charge in [0.1, 0.15) is 5.82 Å². The molecule has 1 aromatic carbocycles. The highest BCUT2D eigenvalue weighted by molar-refractivity contribution is 5.98. The van der Waals surface area contributed by atoms with Crippen LogP contribution in [0.15, 0.2) is 61.2 Å². The highest BCUT2D eigenvalue weighted by atomic mass is 19.1. The molecule has 0 N–H and O–H groups in total. The second-order valence-electron chi connectivity index (χ2n) is 8.19. The molecular formula is C25H24FN3O2. The molecule has 0 unspecified atom stereocenters.